The molecule has 0 aliphatic rings. The number of imidazole rings is 1. The highest BCUT2D eigenvalue weighted by molar-refractivity contribution is 6.31. The van der Waals surface area contributed by atoms with E-state index in [9.17, 15) is 4.39 Å². The number of nitrogens with zero attached hydrogens (tertiary/aromatic N) is 2. The van der Waals surface area contributed by atoms with E-state index in [4.69, 9.17) is 17.3 Å². The smallest absolute Gasteiger partial charge is 0.141 e. The molecule has 1 heterocycles. The quantitative estimate of drug-likeness (QED) is 0.795. The van der Waals surface area contributed by atoms with Crippen molar-refractivity contribution in [2.24, 2.45) is 0 Å². The van der Waals surface area contributed by atoms with Gasteiger partial charge in [-0.15, -0.1) is 0 Å². The largest absolute Gasteiger partial charge is 0.383 e. The lowest BCUT2D eigenvalue weighted by molar-refractivity contribution is 0.628. The zero-order valence-corrected chi connectivity index (χ0v) is 11.9. The van der Waals surface area contributed by atoms with Gasteiger partial charge in [-0.25, -0.2) is 9.37 Å². The molecule has 5 heteroatoms. The Morgan fingerprint density at radius 3 is 2.62 bits per heavy atom. The first-order chi connectivity index (χ1) is 10.1. The van der Waals surface area contributed by atoms with Gasteiger partial charge in [-0.3, -0.25) is 0 Å². The monoisotopic (exact) mass is 301 g/mol. The number of rotatable bonds is 3. The highest BCUT2D eigenvalue weighted by atomic mass is 35.5. The Hall–Kier alpha value is -2.33. The van der Waals surface area contributed by atoms with Crippen molar-refractivity contribution in [2.45, 2.75) is 6.54 Å². The molecule has 0 bridgehead atoms. The van der Waals surface area contributed by atoms with E-state index in [-0.39, 0.29) is 5.02 Å². The van der Waals surface area contributed by atoms with Crippen molar-refractivity contribution in [3.63, 3.8) is 0 Å². The molecule has 0 fully saturated rings. The van der Waals surface area contributed by atoms with E-state index in [2.05, 4.69) is 4.98 Å². The molecule has 0 unspecified atom stereocenters. The lowest BCUT2D eigenvalue weighted by atomic mass is 10.1. The van der Waals surface area contributed by atoms with Crippen LogP contribution in [0.15, 0.2) is 54.9 Å². The van der Waals surface area contributed by atoms with Crippen molar-refractivity contribution in [1.29, 1.82) is 0 Å². The first-order valence-corrected chi connectivity index (χ1v) is 6.83. The van der Waals surface area contributed by atoms with Gasteiger partial charge in [0.25, 0.3) is 0 Å². The average Bonchev–Trinajstić information content (AvgIpc) is 2.84. The number of nitrogen functional groups attached to an aromatic ring is 1. The molecular weight excluding hydrogens is 289 g/mol. The van der Waals surface area contributed by atoms with E-state index >= 15 is 0 Å². The summed E-state index contributed by atoms with van der Waals surface area (Å²) in [6.07, 6.45) is 1.68. The summed E-state index contributed by atoms with van der Waals surface area (Å²) < 4.78 is 15.1. The van der Waals surface area contributed by atoms with E-state index in [0.29, 0.717) is 23.6 Å². The van der Waals surface area contributed by atoms with E-state index in [1.165, 1.54) is 12.1 Å². The molecule has 0 radical (unpaired) electrons. The molecule has 3 rings (SSSR count). The van der Waals surface area contributed by atoms with Gasteiger partial charge in [-0.05, 0) is 23.8 Å². The number of halogens is 2. The molecule has 1 aromatic heterocycles. The van der Waals surface area contributed by atoms with Crippen molar-refractivity contribution in [3.8, 4) is 11.3 Å². The number of nitrogens with two attached hydrogens (primary N) is 1. The molecule has 0 atom stereocenters. The van der Waals surface area contributed by atoms with Crippen molar-refractivity contribution in [3.05, 3.63) is 71.3 Å². The van der Waals surface area contributed by atoms with Crippen LogP contribution in [0.1, 0.15) is 5.56 Å². The number of aromatic nitrogens is 2. The van der Waals surface area contributed by atoms with Gasteiger partial charge in [0.05, 0.1) is 17.9 Å². The number of benzene rings is 2. The van der Waals surface area contributed by atoms with Crippen molar-refractivity contribution < 1.29 is 4.39 Å². The van der Waals surface area contributed by atoms with Gasteiger partial charge in [0.2, 0.25) is 0 Å². The summed E-state index contributed by atoms with van der Waals surface area (Å²) in [5.41, 5.74) is 8.57. The van der Waals surface area contributed by atoms with Crippen molar-refractivity contribution in [2.75, 3.05) is 5.73 Å². The van der Waals surface area contributed by atoms with Gasteiger partial charge in [0, 0.05) is 5.56 Å². The first kappa shape index (κ1) is 13.6. The highest BCUT2D eigenvalue weighted by Crippen LogP contribution is 2.28. The maximum absolute atomic E-state index is 13.2. The van der Waals surface area contributed by atoms with Crippen LogP contribution in [0.2, 0.25) is 5.02 Å². The second-order valence-electron chi connectivity index (χ2n) is 4.72. The van der Waals surface area contributed by atoms with Crippen molar-refractivity contribution in [1.82, 2.24) is 9.55 Å². The summed E-state index contributed by atoms with van der Waals surface area (Å²) in [4.78, 5) is 4.31. The third-order valence-corrected chi connectivity index (χ3v) is 3.56. The molecule has 0 saturated carbocycles. The summed E-state index contributed by atoms with van der Waals surface area (Å²) in [6, 6.07) is 14.4. The van der Waals surface area contributed by atoms with Crippen LogP contribution in [0.3, 0.4) is 0 Å². The van der Waals surface area contributed by atoms with Crippen LogP contribution >= 0.6 is 11.6 Å². The Morgan fingerprint density at radius 2 is 1.90 bits per heavy atom. The highest BCUT2D eigenvalue weighted by Gasteiger charge is 2.12. The summed E-state index contributed by atoms with van der Waals surface area (Å²) >= 11 is 5.80. The number of hydrogen-bond acceptors (Lipinski definition) is 2. The maximum Gasteiger partial charge on any atom is 0.141 e. The summed E-state index contributed by atoms with van der Waals surface area (Å²) in [5.74, 6) is 0.0734. The summed E-state index contributed by atoms with van der Waals surface area (Å²) in [5, 5.41) is 0.0597. The minimum absolute atomic E-state index is 0.0597. The molecule has 21 heavy (non-hydrogen) atoms. The van der Waals surface area contributed by atoms with Gasteiger partial charge < -0.3 is 10.3 Å². The molecule has 106 valence electrons. The fraction of sp³-hybridized carbons (Fsp3) is 0.0625. The van der Waals surface area contributed by atoms with Gasteiger partial charge >= 0.3 is 0 Å². The summed E-state index contributed by atoms with van der Waals surface area (Å²) in [7, 11) is 0. The average molecular weight is 302 g/mol. The SMILES string of the molecule is Nc1c(-c2ccc(F)c(Cl)c2)ncn1Cc1ccccc1. The molecule has 0 saturated heterocycles. The first-order valence-electron chi connectivity index (χ1n) is 6.45. The molecule has 0 spiro atoms. The Labute approximate surface area is 126 Å². The molecule has 3 nitrogen and oxygen atoms in total. The number of hydrogen-bond donors (Lipinski definition) is 1. The van der Waals surface area contributed by atoms with Crippen LogP contribution in [0.25, 0.3) is 11.3 Å². The second-order valence-corrected chi connectivity index (χ2v) is 5.13. The Balaban J connectivity index is 1.93. The van der Waals surface area contributed by atoms with Crippen LogP contribution in [-0.2, 0) is 6.54 Å². The van der Waals surface area contributed by atoms with Crippen LogP contribution < -0.4 is 5.73 Å². The third-order valence-electron chi connectivity index (χ3n) is 3.27. The van der Waals surface area contributed by atoms with Crippen LogP contribution in [0.4, 0.5) is 10.2 Å². The minimum Gasteiger partial charge on any atom is -0.383 e. The Kier molecular flexibility index (Phi) is 3.62. The lowest BCUT2D eigenvalue weighted by Crippen LogP contribution is -2.03. The number of anilines is 1. The van der Waals surface area contributed by atoms with Crippen LogP contribution in [0, 0.1) is 5.82 Å². The van der Waals surface area contributed by atoms with Crippen LogP contribution in [-0.4, -0.2) is 9.55 Å². The van der Waals surface area contributed by atoms with E-state index in [1.807, 2.05) is 34.9 Å². The molecule has 3 aromatic rings. The van der Waals surface area contributed by atoms with Gasteiger partial charge in [-0.1, -0.05) is 41.9 Å². The van der Waals surface area contributed by atoms with E-state index in [1.54, 1.807) is 12.4 Å². The fourth-order valence-electron chi connectivity index (χ4n) is 2.16. The van der Waals surface area contributed by atoms with Gasteiger partial charge in [-0.2, -0.15) is 0 Å². The van der Waals surface area contributed by atoms with E-state index < -0.39 is 5.82 Å². The normalized spacial score (nSPS) is 10.8. The molecule has 2 N–H and O–H groups in total. The van der Waals surface area contributed by atoms with E-state index in [0.717, 1.165) is 5.56 Å². The topological polar surface area (TPSA) is 43.8 Å². The Bertz CT molecular complexity index is 768. The predicted octanol–water partition coefficient (Wildman–Crippen LogP) is 3.97. The fourth-order valence-corrected chi connectivity index (χ4v) is 2.34. The predicted molar refractivity (Wildman–Crippen MR) is 82.6 cm³/mol. The van der Waals surface area contributed by atoms with Crippen LogP contribution in [0.5, 0.6) is 0 Å². The second kappa shape index (κ2) is 5.58. The molecule has 0 aliphatic carbocycles. The Morgan fingerprint density at radius 1 is 1.14 bits per heavy atom. The van der Waals surface area contributed by atoms with Gasteiger partial charge in [0.1, 0.15) is 17.3 Å². The van der Waals surface area contributed by atoms with Crippen molar-refractivity contribution >= 4 is 17.4 Å². The zero-order valence-electron chi connectivity index (χ0n) is 11.1. The summed E-state index contributed by atoms with van der Waals surface area (Å²) in [6.45, 7) is 0.634. The molecular formula is C16H13ClFN3. The maximum atomic E-state index is 13.2. The molecule has 0 amide bonds. The zero-order chi connectivity index (χ0) is 14.8. The third kappa shape index (κ3) is 2.76. The standard InChI is InChI=1S/C16H13ClFN3/c17-13-8-12(6-7-14(13)18)15-16(19)21(10-20-15)9-11-4-2-1-3-5-11/h1-8,10H,9,19H2. The molecule has 0 aliphatic heterocycles. The van der Waals surface area contributed by atoms with Gasteiger partial charge in [0.15, 0.2) is 0 Å². The minimum atomic E-state index is -0.456. The lowest BCUT2D eigenvalue weighted by Gasteiger charge is -2.06. The molecule has 2 aromatic carbocycles.